The third-order valence-corrected chi connectivity index (χ3v) is 6.81. The quantitative estimate of drug-likeness (QED) is 0.0982. The number of ketones is 1. The molecule has 1 unspecified atom stereocenters. The van der Waals surface area contributed by atoms with Crippen LogP contribution in [0.1, 0.15) is 83.5 Å². The van der Waals surface area contributed by atoms with Gasteiger partial charge < -0.3 is 10.2 Å². The number of rotatable bonds is 21. The molecule has 0 saturated carbocycles. The fraction of sp³-hybridized carbons (Fsp3) is 0.833. The van der Waals surface area contributed by atoms with Crippen LogP contribution in [0.4, 0.5) is 0 Å². The van der Waals surface area contributed by atoms with Crippen molar-refractivity contribution in [3.8, 4) is 0 Å². The second kappa shape index (κ2) is 17.2. The fourth-order valence-electron chi connectivity index (χ4n) is 4.35. The minimum absolute atomic E-state index is 0.0446. The molecule has 1 rings (SSSR count). The predicted molar refractivity (Wildman–Crippen MR) is 131 cm³/mol. The Kier molecular flexibility index (Phi) is 15.5. The number of hydrogen-bond donors (Lipinski definition) is 3. The summed E-state index contributed by atoms with van der Waals surface area (Å²) in [4.78, 5) is 14.6. The Morgan fingerprint density at radius 2 is 1.58 bits per heavy atom. The van der Waals surface area contributed by atoms with Crippen molar-refractivity contribution >= 4 is 21.7 Å². The van der Waals surface area contributed by atoms with E-state index in [1.54, 1.807) is 9.48 Å². The molecule has 9 heteroatoms. The normalized spacial score (nSPS) is 15.3. The van der Waals surface area contributed by atoms with Crippen molar-refractivity contribution in [2.45, 2.75) is 89.6 Å². The van der Waals surface area contributed by atoms with Gasteiger partial charge in [0, 0.05) is 6.42 Å². The highest BCUT2D eigenvalue weighted by atomic mass is 32.2. The summed E-state index contributed by atoms with van der Waals surface area (Å²) in [5, 5.41) is 19.3. The summed E-state index contributed by atoms with van der Waals surface area (Å²) in [6.07, 6.45) is 15.3. The first-order valence-corrected chi connectivity index (χ1v) is 14.1. The average Bonchev–Trinajstić information content (AvgIpc) is 3.12. The number of aliphatic hydroxyl groups is 2. The van der Waals surface area contributed by atoms with E-state index < -0.39 is 22.0 Å². The first-order chi connectivity index (χ1) is 15.8. The van der Waals surface area contributed by atoms with Gasteiger partial charge in [-0.3, -0.25) is 18.8 Å². The molecule has 0 saturated heterocycles. The number of allylic oxidation sites excluding steroid dienone is 1. The van der Waals surface area contributed by atoms with Gasteiger partial charge in [0.15, 0.2) is 0 Å². The van der Waals surface area contributed by atoms with Crippen molar-refractivity contribution in [1.82, 2.24) is 4.90 Å². The zero-order chi connectivity index (χ0) is 24.5. The molecular formula is C24H45N2O6S+. The molecule has 0 radical (unpaired) electrons. The van der Waals surface area contributed by atoms with Gasteiger partial charge in [0.25, 0.3) is 10.1 Å². The molecular weight excluding hydrogens is 444 g/mol. The van der Waals surface area contributed by atoms with Crippen LogP contribution in [-0.4, -0.2) is 88.9 Å². The number of carbonyl (C=O) groups is 1. The second-order valence-corrected chi connectivity index (χ2v) is 10.5. The smallest absolute Gasteiger partial charge is 0.316 e. The predicted octanol–water partition coefficient (Wildman–Crippen LogP) is 2.78. The highest BCUT2D eigenvalue weighted by molar-refractivity contribution is 7.85. The van der Waals surface area contributed by atoms with Crippen molar-refractivity contribution in [3.05, 3.63) is 12.7 Å². The third-order valence-electron chi connectivity index (χ3n) is 6.00. The Morgan fingerprint density at radius 3 is 2.09 bits per heavy atom. The van der Waals surface area contributed by atoms with E-state index in [1.165, 1.54) is 51.4 Å². The number of amidine groups is 1. The van der Waals surface area contributed by atoms with E-state index in [0.29, 0.717) is 31.9 Å². The maximum Gasteiger partial charge on any atom is 0.316 e. The lowest BCUT2D eigenvalue weighted by atomic mass is 10.0. The lowest BCUT2D eigenvalue weighted by Gasteiger charge is -2.13. The lowest BCUT2D eigenvalue weighted by Crippen LogP contribution is -2.40. The van der Waals surface area contributed by atoms with Gasteiger partial charge in [-0.2, -0.15) is 8.42 Å². The van der Waals surface area contributed by atoms with Crippen LogP contribution in [0.25, 0.3) is 0 Å². The molecule has 1 aliphatic heterocycles. The molecule has 33 heavy (non-hydrogen) atoms. The van der Waals surface area contributed by atoms with E-state index in [2.05, 4.69) is 6.58 Å². The number of hydrogen-bond acceptors (Lipinski definition) is 6. The highest BCUT2D eigenvalue weighted by Gasteiger charge is 2.36. The summed E-state index contributed by atoms with van der Waals surface area (Å²) < 4.78 is 32.6. The van der Waals surface area contributed by atoms with Crippen molar-refractivity contribution in [3.63, 3.8) is 0 Å². The van der Waals surface area contributed by atoms with Crippen LogP contribution in [0.5, 0.6) is 0 Å². The monoisotopic (exact) mass is 489 g/mol. The molecule has 8 nitrogen and oxygen atoms in total. The molecule has 3 N–H and O–H groups in total. The first kappa shape index (κ1) is 29.7. The van der Waals surface area contributed by atoms with Gasteiger partial charge in [-0.05, 0) is 19.3 Å². The maximum atomic E-state index is 12.9. The molecule has 1 atom stereocenters. The SMILES string of the molecule is C=CCCCCCCCCCCCCCC(=O)C1=[N+](CC(O)CS(=O)(=O)O)CCN1CCO. The molecule has 0 aromatic heterocycles. The summed E-state index contributed by atoms with van der Waals surface area (Å²) >= 11 is 0. The van der Waals surface area contributed by atoms with Crippen LogP contribution in [0.15, 0.2) is 12.7 Å². The molecule has 0 aliphatic carbocycles. The number of aliphatic hydroxyl groups excluding tert-OH is 2. The van der Waals surface area contributed by atoms with Gasteiger partial charge in [-0.1, -0.05) is 63.9 Å². The largest absolute Gasteiger partial charge is 0.392 e. The third kappa shape index (κ3) is 13.9. The summed E-state index contributed by atoms with van der Waals surface area (Å²) in [5.74, 6) is -0.372. The number of unbranched alkanes of at least 4 members (excludes halogenated alkanes) is 11. The van der Waals surface area contributed by atoms with Crippen LogP contribution in [0.3, 0.4) is 0 Å². The Hall–Kier alpha value is -1.29. The zero-order valence-electron chi connectivity index (χ0n) is 20.2. The number of nitrogens with zero attached hydrogens (tertiary/aromatic N) is 2. The molecule has 1 heterocycles. The summed E-state index contributed by atoms with van der Waals surface area (Å²) in [6.45, 7) is 4.94. The van der Waals surface area contributed by atoms with E-state index in [-0.39, 0.29) is 18.9 Å². The van der Waals surface area contributed by atoms with E-state index in [1.807, 2.05) is 6.08 Å². The van der Waals surface area contributed by atoms with Crippen molar-refractivity contribution in [2.75, 3.05) is 38.5 Å². The summed E-state index contributed by atoms with van der Waals surface area (Å²) in [7, 11) is -4.29. The molecule has 0 aromatic rings. The van der Waals surface area contributed by atoms with Gasteiger partial charge in [0.05, 0.1) is 6.61 Å². The summed E-state index contributed by atoms with van der Waals surface area (Å²) in [5.41, 5.74) is 0. The molecule has 0 bridgehead atoms. The Bertz CT molecular complexity index is 708. The molecule has 0 fully saturated rings. The zero-order valence-corrected chi connectivity index (χ0v) is 21.0. The van der Waals surface area contributed by atoms with Crippen LogP contribution in [-0.2, 0) is 14.9 Å². The van der Waals surface area contributed by atoms with Crippen molar-refractivity contribution < 1.29 is 32.6 Å². The van der Waals surface area contributed by atoms with E-state index in [0.717, 1.165) is 25.7 Å². The van der Waals surface area contributed by atoms with Gasteiger partial charge in [-0.15, -0.1) is 6.58 Å². The van der Waals surface area contributed by atoms with Crippen molar-refractivity contribution in [1.29, 1.82) is 0 Å². The van der Waals surface area contributed by atoms with Gasteiger partial charge in [0.2, 0.25) is 5.78 Å². The highest BCUT2D eigenvalue weighted by Crippen LogP contribution is 2.14. The van der Waals surface area contributed by atoms with Gasteiger partial charge >= 0.3 is 5.84 Å². The van der Waals surface area contributed by atoms with E-state index in [4.69, 9.17) is 4.55 Å². The molecule has 192 valence electrons. The van der Waals surface area contributed by atoms with Gasteiger partial charge in [-0.25, -0.2) is 0 Å². The van der Waals surface area contributed by atoms with Crippen molar-refractivity contribution in [2.24, 2.45) is 0 Å². The van der Waals surface area contributed by atoms with Crippen LogP contribution in [0, 0.1) is 0 Å². The van der Waals surface area contributed by atoms with Crippen LogP contribution >= 0.6 is 0 Å². The second-order valence-electron chi connectivity index (χ2n) is 9.02. The number of carbonyl (C=O) groups excluding carboxylic acids is 1. The van der Waals surface area contributed by atoms with E-state index >= 15 is 0 Å². The first-order valence-electron chi connectivity index (χ1n) is 12.5. The topological polar surface area (TPSA) is 118 Å². The fourth-order valence-corrected chi connectivity index (χ4v) is 4.94. The lowest BCUT2D eigenvalue weighted by molar-refractivity contribution is -0.525. The minimum Gasteiger partial charge on any atom is -0.392 e. The Labute approximate surface area is 200 Å². The minimum atomic E-state index is -4.29. The van der Waals surface area contributed by atoms with Crippen LogP contribution in [0.2, 0.25) is 0 Å². The van der Waals surface area contributed by atoms with E-state index in [9.17, 15) is 23.4 Å². The van der Waals surface area contributed by atoms with Gasteiger partial charge in [0.1, 0.15) is 38.0 Å². The average molecular weight is 490 g/mol. The number of Topliss-reactive ketones (excluding diaryl/α,β-unsaturated/α-hetero) is 1. The van der Waals surface area contributed by atoms with Crippen LogP contribution < -0.4 is 0 Å². The molecule has 0 amide bonds. The number of β-amino-alcohol motifs (C(OH)–C–C–N with tert-alkyl or cyclic N) is 2. The molecule has 0 aromatic carbocycles. The summed E-state index contributed by atoms with van der Waals surface area (Å²) in [6, 6.07) is 0. The molecule has 1 aliphatic rings. The Morgan fingerprint density at radius 1 is 1.03 bits per heavy atom. The maximum absolute atomic E-state index is 12.9. The Balaban J connectivity index is 2.31. The molecule has 0 spiro atoms. The standard InChI is InChI=1S/C24H44N2O6S/c1-2-3-4-5-6-7-8-9-10-11-12-13-14-15-23(29)24-25(18-19-27)16-17-26(24)20-22(28)21-33(30,31)32/h2,22,27-28H,1,3-21H2/p+1.